The number of rotatable bonds is 4. The van der Waals surface area contributed by atoms with Crippen molar-refractivity contribution in [2.24, 2.45) is 5.10 Å². The topological polar surface area (TPSA) is 54.6 Å². The molecule has 1 amide bonds. The molecule has 0 bridgehead atoms. The molecule has 0 saturated carbocycles. The third-order valence-corrected chi connectivity index (χ3v) is 3.05. The van der Waals surface area contributed by atoms with Crippen LogP contribution in [0.3, 0.4) is 0 Å². The molecule has 1 N–H and O–H groups in total. The highest BCUT2D eigenvalue weighted by atomic mass is 16.3. The van der Waals surface area contributed by atoms with Crippen LogP contribution in [0.15, 0.2) is 39.9 Å². The predicted molar refractivity (Wildman–Crippen MR) is 79.1 cm³/mol. The van der Waals surface area contributed by atoms with Gasteiger partial charge in [0.15, 0.2) is 0 Å². The van der Waals surface area contributed by atoms with Gasteiger partial charge >= 0.3 is 0 Å². The number of benzene rings is 1. The Kier molecular flexibility index (Phi) is 4.35. The highest BCUT2D eigenvalue weighted by Crippen LogP contribution is 2.13. The van der Waals surface area contributed by atoms with E-state index >= 15 is 0 Å². The van der Waals surface area contributed by atoms with Gasteiger partial charge in [0.05, 0.1) is 11.8 Å². The number of nitrogens with zero attached hydrogens (tertiary/aromatic N) is 1. The number of amides is 1. The third kappa shape index (κ3) is 3.35. The van der Waals surface area contributed by atoms with Gasteiger partial charge in [-0.3, -0.25) is 4.79 Å². The van der Waals surface area contributed by atoms with Crippen molar-refractivity contribution in [2.45, 2.75) is 27.2 Å². The molecule has 4 heteroatoms. The van der Waals surface area contributed by atoms with E-state index in [1.807, 2.05) is 31.2 Å². The summed E-state index contributed by atoms with van der Waals surface area (Å²) < 4.78 is 5.31. The van der Waals surface area contributed by atoms with Crippen molar-refractivity contribution >= 4 is 12.1 Å². The molecule has 2 aromatic rings. The van der Waals surface area contributed by atoms with Crippen molar-refractivity contribution in [1.82, 2.24) is 5.43 Å². The van der Waals surface area contributed by atoms with Gasteiger partial charge in [0, 0.05) is 0 Å². The van der Waals surface area contributed by atoms with E-state index in [1.165, 1.54) is 5.56 Å². The second-order valence-corrected chi connectivity index (χ2v) is 4.62. The fourth-order valence-corrected chi connectivity index (χ4v) is 1.92. The summed E-state index contributed by atoms with van der Waals surface area (Å²) in [6.07, 6.45) is 2.63. The average molecular weight is 270 g/mol. The number of carbonyl (C=O) groups is 1. The molecule has 104 valence electrons. The van der Waals surface area contributed by atoms with Gasteiger partial charge in [0.25, 0.3) is 5.91 Å². The Balaban J connectivity index is 1.98. The van der Waals surface area contributed by atoms with Crippen molar-refractivity contribution in [1.29, 1.82) is 0 Å². The lowest BCUT2D eigenvalue weighted by atomic mass is 10.1. The molecule has 0 aliphatic rings. The zero-order chi connectivity index (χ0) is 14.5. The maximum absolute atomic E-state index is 11.9. The third-order valence-electron chi connectivity index (χ3n) is 3.05. The number of carbonyl (C=O) groups excluding carboxylic acids is 1. The first kappa shape index (κ1) is 14.1. The molecule has 0 spiro atoms. The number of nitrogens with one attached hydrogen (secondary N) is 1. The smallest absolute Gasteiger partial charge is 0.274 e. The van der Waals surface area contributed by atoms with Gasteiger partial charge < -0.3 is 4.42 Å². The lowest BCUT2D eigenvalue weighted by Crippen LogP contribution is -2.17. The zero-order valence-corrected chi connectivity index (χ0v) is 11.9. The Labute approximate surface area is 118 Å². The van der Waals surface area contributed by atoms with Crippen LogP contribution in [0.2, 0.25) is 0 Å². The predicted octanol–water partition coefficient (Wildman–Crippen LogP) is 3.22. The van der Waals surface area contributed by atoms with Crippen molar-refractivity contribution in [3.8, 4) is 0 Å². The monoisotopic (exact) mass is 270 g/mol. The van der Waals surface area contributed by atoms with Gasteiger partial charge in [-0.1, -0.05) is 31.2 Å². The average Bonchev–Trinajstić information content (AvgIpc) is 2.78. The molecule has 0 fully saturated rings. The van der Waals surface area contributed by atoms with E-state index in [9.17, 15) is 4.79 Å². The molecular formula is C16H18N2O2. The highest BCUT2D eigenvalue weighted by molar-refractivity contribution is 5.95. The zero-order valence-electron chi connectivity index (χ0n) is 11.9. The quantitative estimate of drug-likeness (QED) is 0.685. The Morgan fingerprint density at radius 1 is 1.30 bits per heavy atom. The maximum atomic E-state index is 11.9. The summed E-state index contributed by atoms with van der Waals surface area (Å²) >= 11 is 0. The van der Waals surface area contributed by atoms with E-state index in [-0.39, 0.29) is 5.91 Å². The lowest BCUT2D eigenvalue weighted by Gasteiger charge is -1.98. The molecule has 0 aliphatic heterocycles. The second-order valence-electron chi connectivity index (χ2n) is 4.62. The number of furan rings is 1. The number of aryl methyl sites for hydroxylation is 3. The molecule has 1 heterocycles. The van der Waals surface area contributed by atoms with Crippen molar-refractivity contribution in [3.63, 3.8) is 0 Å². The van der Waals surface area contributed by atoms with Gasteiger partial charge in [-0.15, -0.1) is 0 Å². The van der Waals surface area contributed by atoms with E-state index in [0.717, 1.165) is 12.0 Å². The summed E-state index contributed by atoms with van der Waals surface area (Å²) in [5.41, 5.74) is 5.24. The van der Waals surface area contributed by atoms with Gasteiger partial charge in [-0.2, -0.15) is 5.10 Å². The fraction of sp³-hybridized carbons (Fsp3) is 0.250. The number of hydrazone groups is 1. The summed E-state index contributed by atoms with van der Waals surface area (Å²) in [5.74, 6) is 1.05. The summed E-state index contributed by atoms with van der Waals surface area (Å²) in [7, 11) is 0. The van der Waals surface area contributed by atoms with Crippen LogP contribution < -0.4 is 5.43 Å². The van der Waals surface area contributed by atoms with Gasteiger partial charge in [-0.05, 0) is 37.5 Å². The Morgan fingerprint density at radius 3 is 2.55 bits per heavy atom. The van der Waals surface area contributed by atoms with Crippen LogP contribution in [-0.4, -0.2) is 12.1 Å². The van der Waals surface area contributed by atoms with E-state index in [1.54, 1.807) is 19.2 Å². The molecule has 0 atom stereocenters. The largest absolute Gasteiger partial charge is 0.466 e. The van der Waals surface area contributed by atoms with Crippen LogP contribution in [0.1, 0.15) is 39.9 Å². The molecule has 1 aromatic carbocycles. The van der Waals surface area contributed by atoms with Gasteiger partial charge in [0.1, 0.15) is 11.5 Å². The second kappa shape index (κ2) is 6.19. The van der Waals surface area contributed by atoms with Crippen LogP contribution >= 0.6 is 0 Å². The van der Waals surface area contributed by atoms with E-state index in [0.29, 0.717) is 17.1 Å². The van der Waals surface area contributed by atoms with Crippen LogP contribution in [-0.2, 0) is 6.42 Å². The minimum absolute atomic E-state index is 0.263. The molecule has 0 aliphatic carbocycles. The number of hydrogen-bond donors (Lipinski definition) is 1. The van der Waals surface area contributed by atoms with Crippen LogP contribution in [0.4, 0.5) is 0 Å². The first-order valence-corrected chi connectivity index (χ1v) is 6.59. The Morgan fingerprint density at radius 2 is 2.00 bits per heavy atom. The SMILES string of the molecule is CCc1ccc(/C=N/NC(=O)c2cc(C)oc2C)cc1. The summed E-state index contributed by atoms with van der Waals surface area (Å²) in [6.45, 7) is 5.68. The van der Waals surface area contributed by atoms with Gasteiger partial charge in [-0.25, -0.2) is 5.43 Å². The molecule has 20 heavy (non-hydrogen) atoms. The van der Waals surface area contributed by atoms with Crippen molar-refractivity contribution in [3.05, 3.63) is 58.5 Å². The minimum Gasteiger partial charge on any atom is -0.466 e. The van der Waals surface area contributed by atoms with Crippen LogP contribution in [0.5, 0.6) is 0 Å². The summed E-state index contributed by atoms with van der Waals surface area (Å²) in [5, 5.41) is 3.96. The van der Waals surface area contributed by atoms with Gasteiger partial charge in [0.2, 0.25) is 0 Å². The first-order valence-electron chi connectivity index (χ1n) is 6.59. The first-order chi connectivity index (χ1) is 9.60. The lowest BCUT2D eigenvalue weighted by molar-refractivity contribution is 0.0953. The maximum Gasteiger partial charge on any atom is 0.274 e. The Hall–Kier alpha value is -2.36. The Bertz CT molecular complexity index is 624. The highest BCUT2D eigenvalue weighted by Gasteiger charge is 2.12. The van der Waals surface area contributed by atoms with Crippen LogP contribution in [0.25, 0.3) is 0 Å². The molecule has 0 unspecified atom stereocenters. The number of hydrogen-bond acceptors (Lipinski definition) is 3. The minimum atomic E-state index is -0.263. The standard InChI is InChI=1S/C16H18N2O2/c1-4-13-5-7-14(8-6-13)10-17-18-16(19)15-9-11(2)20-12(15)3/h5-10H,4H2,1-3H3,(H,18,19)/b17-10+. The van der Waals surface area contributed by atoms with Crippen molar-refractivity contribution < 1.29 is 9.21 Å². The van der Waals surface area contributed by atoms with E-state index < -0.39 is 0 Å². The molecule has 0 saturated heterocycles. The summed E-state index contributed by atoms with van der Waals surface area (Å²) in [4.78, 5) is 11.9. The van der Waals surface area contributed by atoms with E-state index in [4.69, 9.17) is 4.42 Å². The van der Waals surface area contributed by atoms with E-state index in [2.05, 4.69) is 17.5 Å². The molecule has 4 nitrogen and oxygen atoms in total. The fourth-order valence-electron chi connectivity index (χ4n) is 1.92. The van der Waals surface area contributed by atoms with Crippen molar-refractivity contribution in [2.75, 3.05) is 0 Å². The van der Waals surface area contributed by atoms with Crippen LogP contribution in [0, 0.1) is 13.8 Å². The molecule has 2 rings (SSSR count). The molecule has 0 radical (unpaired) electrons. The normalized spacial score (nSPS) is 10.9. The molecular weight excluding hydrogens is 252 g/mol. The molecule has 1 aromatic heterocycles. The summed E-state index contributed by atoms with van der Waals surface area (Å²) in [6, 6.07) is 9.75.